The number of aryl methyl sites for hydroxylation is 1. The molecule has 0 atom stereocenters. The number of nitrogens with one attached hydrogen (secondary N) is 1. The van der Waals surface area contributed by atoms with Crippen molar-refractivity contribution in [2.75, 3.05) is 5.32 Å². The molecule has 0 aliphatic carbocycles. The molecule has 2 rings (SSSR count). The summed E-state index contributed by atoms with van der Waals surface area (Å²) in [4.78, 5) is 0. The summed E-state index contributed by atoms with van der Waals surface area (Å²) in [5, 5.41) is 4.74. The first kappa shape index (κ1) is 17.9. The Hall–Kier alpha value is -1.44. The lowest BCUT2D eigenvalue weighted by Crippen LogP contribution is -1.97. The Kier molecular flexibility index (Phi) is 6.56. The Morgan fingerprint density at radius 2 is 1.65 bits per heavy atom. The zero-order valence-corrected chi connectivity index (χ0v) is 15.3. The maximum Gasteiger partial charge on any atom is 0.0502 e. The van der Waals surface area contributed by atoms with Gasteiger partial charge in [0.2, 0.25) is 0 Å². The van der Waals surface area contributed by atoms with Crippen LogP contribution < -0.4 is 5.32 Å². The lowest BCUT2D eigenvalue weighted by Gasteiger charge is -2.12. The molecule has 0 saturated heterocycles. The zero-order valence-electron chi connectivity index (χ0n) is 13.8. The van der Waals surface area contributed by atoms with Gasteiger partial charge in [-0.25, -0.2) is 0 Å². The Morgan fingerprint density at radius 3 is 2.17 bits per heavy atom. The third-order valence-corrected chi connectivity index (χ3v) is 4.43. The van der Waals surface area contributed by atoms with Gasteiger partial charge in [-0.2, -0.15) is 0 Å². The molecular formula is C20H23Cl2N. The number of benzene rings is 2. The van der Waals surface area contributed by atoms with E-state index in [1.54, 1.807) is 0 Å². The lowest BCUT2D eigenvalue weighted by molar-refractivity contribution is 0.792. The fourth-order valence-corrected chi connectivity index (χ4v) is 3.23. The summed E-state index contributed by atoms with van der Waals surface area (Å²) in [6, 6.07) is 12.1. The van der Waals surface area contributed by atoms with Crippen LogP contribution in [0.25, 0.3) is 11.1 Å². The number of hydrogen-bond donors (Lipinski definition) is 1. The first-order valence-electron chi connectivity index (χ1n) is 8.08. The maximum atomic E-state index is 6.42. The van der Waals surface area contributed by atoms with Gasteiger partial charge in [-0.05, 0) is 54.7 Å². The molecule has 2 aromatic rings. The van der Waals surface area contributed by atoms with E-state index >= 15 is 0 Å². The predicted octanol–water partition coefficient (Wildman–Crippen LogP) is 7.34. The molecular weight excluding hydrogens is 325 g/mol. The van der Waals surface area contributed by atoms with Crippen LogP contribution in [0.4, 0.5) is 5.69 Å². The van der Waals surface area contributed by atoms with Crippen molar-refractivity contribution in [3.63, 3.8) is 0 Å². The van der Waals surface area contributed by atoms with Crippen molar-refractivity contribution in [1.29, 1.82) is 0 Å². The van der Waals surface area contributed by atoms with Gasteiger partial charge in [0, 0.05) is 16.9 Å². The van der Waals surface area contributed by atoms with E-state index < -0.39 is 0 Å². The first-order chi connectivity index (χ1) is 11.0. The third kappa shape index (κ3) is 4.76. The molecule has 1 nitrogen and oxygen atoms in total. The third-order valence-electron chi connectivity index (χ3n) is 3.84. The SMILES string of the molecule is C=C(CCCC)Nc1ccc(-c2c(Cl)cc(CC)cc2Cl)cc1. The number of halogens is 2. The second-order valence-electron chi connectivity index (χ2n) is 5.70. The largest absolute Gasteiger partial charge is 0.359 e. The smallest absolute Gasteiger partial charge is 0.0502 e. The van der Waals surface area contributed by atoms with E-state index in [-0.39, 0.29) is 0 Å². The van der Waals surface area contributed by atoms with Crippen molar-refractivity contribution >= 4 is 28.9 Å². The molecule has 0 radical (unpaired) electrons. The van der Waals surface area contributed by atoms with E-state index in [1.165, 1.54) is 6.42 Å². The van der Waals surface area contributed by atoms with Gasteiger partial charge < -0.3 is 5.32 Å². The second-order valence-corrected chi connectivity index (χ2v) is 6.51. The molecule has 1 N–H and O–H groups in total. The fraction of sp³-hybridized carbons (Fsp3) is 0.300. The van der Waals surface area contributed by atoms with Crippen LogP contribution in [0.1, 0.15) is 38.7 Å². The molecule has 0 spiro atoms. The number of anilines is 1. The van der Waals surface area contributed by atoms with Crippen molar-refractivity contribution < 1.29 is 0 Å². The summed E-state index contributed by atoms with van der Waals surface area (Å²) in [5.41, 5.74) is 5.14. The summed E-state index contributed by atoms with van der Waals surface area (Å²) >= 11 is 12.8. The van der Waals surface area contributed by atoms with Crippen molar-refractivity contribution in [1.82, 2.24) is 0 Å². The Morgan fingerprint density at radius 1 is 1.04 bits per heavy atom. The first-order valence-corrected chi connectivity index (χ1v) is 8.83. The lowest BCUT2D eigenvalue weighted by atomic mass is 10.0. The molecule has 0 saturated carbocycles. The van der Waals surface area contributed by atoms with Gasteiger partial charge in [0.1, 0.15) is 0 Å². The van der Waals surface area contributed by atoms with Crippen LogP contribution in [-0.4, -0.2) is 0 Å². The highest BCUT2D eigenvalue weighted by molar-refractivity contribution is 6.39. The second kappa shape index (κ2) is 8.42. The van der Waals surface area contributed by atoms with Crippen LogP contribution >= 0.6 is 23.2 Å². The number of unbranched alkanes of at least 4 members (excludes halogenated alkanes) is 1. The Balaban J connectivity index is 2.18. The molecule has 122 valence electrons. The topological polar surface area (TPSA) is 12.0 Å². The van der Waals surface area contributed by atoms with Crippen LogP contribution in [0.5, 0.6) is 0 Å². The molecule has 0 amide bonds. The Bertz CT molecular complexity index is 652. The summed E-state index contributed by atoms with van der Waals surface area (Å²) in [5.74, 6) is 0. The molecule has 0 aliphatic rings. The van der Waals surface area contributed by atoms with Gasteiger partial charge >= 0.3 is 0 Å². The number of allylic oxidation sites excluding steroid dienone is 1. The minimum absolute atomic E-state index is 0.697. The number of rotatable bonds is 7. The minimum atomic E-state index is 0.697. The van der Waals surface area contributed by atoms with E-state index in [1.807, 2.05) is 36.4 Å². The van der Waals surface area contributed by atoms with Crippen LogP contribution in [0.3, 0.4) is 0 Å². The van der Waals surface area contributed by atoms with Crippen LogP contribution in [0.15, 0.2) is 48.7 Å². The maximum absolute atomic E-state index is 6.42. The van der Waals surface area contributed by atoms with Gasteiger partial charge in [0.25, 0.3) is 0 Å². The average Bonchev–Trinajstić information content (AvgIpc) is 2.53. The summed E-state index contributed by atoms with van der Waals surface area (Å²) in [6.45, 7) is 8.33. The van der Waals surface area contributed by atoms with Gasteiger partial charge in [-0.15, -0.1) is 0 Å². The minimum Gasteiger partial charge on any atom is -0.359 e. The van der Waals surface area contributed by atoms with Crippen molar-refractivity contribution in [2.24, 2.45) is 0 Å². The van der Waals surface area contributed by atoms with Crippen molar-refractivity contribution in [3.05, 3.63) is 64.3 Å². The van der Waals surface area contributed by atoms with Crippen molar-refractivity contribution in [2.45, 2.75) is 39.5 Å². The zero-order chi connectivity index (χ0) is 16.8. The van der Waals surface area contributed by atoms with Crippen molar-refractivity contribution in [3.8, 4) is 11.1 Å². The molecule has 0 bridgehead atoms. The van der Waals surface area contributed by atoms with E-state index in [0.29, 0.717) is 10.0 Å². The van der Waals surface area contributed by atoms with Gasteiger partial charge in [-0.1, -0.05) is 62.2 Å². The van der Waals surface area contributed by atoms with Gasteiger partial charge in [-0.3, -0.25) is 0 Å². The number of hydrogen-bond acceptors (Lipinski definition) is 1. The normalized spacial score (nSPS) is 10.6. The summed E-state index contributed by atoms with van der Waals surface area (Å²) in [6.07, 6.45) is 4.24. The van der Waals surface area contributed by atoms with Gasteiger partial charge in [0.15, 0.2) is 0 Å². The average molecular weight is 348 g/mol. The predicted molar refractivity (Wildman–Crippen MR) is 104 cm³/mol. The highest BCUT2D eigenvalue weighted by Gasteiger charge is 2.10. The fourth-order valence-electron chi connectivity index (χ4n) is 2.48. The van der Waals surface area contributed by atoms with Gasteiger partial charge in [0.05, 0.1) is 10.0 Å². The quantitative estimate of drug-likeness (QED) is 0.552. The van der Waals surface area contributed by atoms with E-state index in [9.17, 15) is 0 Å². The molecule has 3 heteroatoms. The highest BCUT2D eigenvalue weighted by atomic mass is 35.5. The van der Waals surface area contributed by atoms with Crippen LogP contribution in [-0.2, 0) is 6.42 Å². The molecule has 0 aliphatic heterocycles. The Labute approximate surface area is 149 Å². The van der Waals surface area contributed by atoms with E-state index in [2.05, 4.69) is 25.7 Å². The standard InChI is InChI=1S/C20H23Cl2N/c1-4-6-7-14(3)23-17-10-8-16(9-11-17)20-18(21)12-15(5-2)13-19(20)22/h8-13,23H,3-7H2,1-2H3. The highest BCUT2D eigenvalue weighted by Crippen LogP contribution is 2.36. The monoisotopic (exact) mass is 347 g/mol. The molecule has 0 fully saturated rings. The summed E-state index contributed by atoms with van der Waals surface area (Å²) in [7, 11) is 0. The van der Waals surface area contributed by atoms with E-state index in [0.717, 1.165) is 47.3 Å². The van der Waals surface area contributed by atoms with Crippen LogP contribution in [0, 0.1) is 0 Å². The molecule has 2 aromatic carbocycles. The molecule has 23 heavy (non-hydrogen) atoms. The molecule has 0 unspecified atom stereocenters. The summed E-state index contributed by atoms with van der Waals surface area (Å²) < 4.78 is 0. The van der Waals surface area contributed by atoms with E-state index in [4.69, 9.17) is 23.2 Å². The molecule has 0 heterocycles. The van der Waals surface area contributed by atoms with Crippen LogP contribution in [0.2, 0.25) is 10.0 Å². The molecule has 0 aromatic heterocycles.